The predicted octanol–water partition coefficient (Wildman–Crippen LogP) is 5.34. The van der Waals surface area contributed by atoms with Crippen molar-refractivity contribution in [1.29, 1.82) is 0 Å². The lowest BCUT2D eigenvalue weighted by Gasteiger charge is -2.09. The van der Waals surface area contributed by atoms with Crippen molar-refractivity contribution in [2.24, 2.45) is 0 Å². The summed E-state index contributed by atoms with van der Waals surface area (Å²) in [6.45, 7) is 1.79. The van der Waals surface area contributed by atoms with Gasteiger partial charge in [-0.15, -0.1) is 0 Å². The first-order chi connectivity index (χ1) is 14.8. The molecule has 0 bridgehead atoms. The van der Waals surface area contributed by atoms with Crippen LogP contribution >= 0.6 is 22.9 Å². The van der Waals surface area contributed by atoms with Crippen LogP contribution in [0, 0.1) is 18.6 Å². The third kappa shape index (κ3) is 4.37. The molecule has 1 amide bonds. The fourth-order valence-electron chi connectivity index (χ4n) is 3.01. The van der Waals surface area contributed by atoms with Crippen LogP contribution in [0.3, 0.4) is 0 Å². The van der Waals surface area contributed by atoms with Crippen LogP contribution in [0.1, 0.15) is 16.1 Å². The van der Waals surface area contributed by atoms with E-state index in [2.05, 4.69) is 20.3 Å². The van der Waals surface area contributed by atoms with E-state index in [0.29, 0.717) is 38.3 Å². The van der Waals surface area contributed by atoms with Gasteiger partial charge in [-0.2, -0.15) is 0 Å². The van der Waals surface area contributed by atoms with E-state index in [1.165, 1.54) is 17.4 Å². The van der Waals surface area contributed by atoms with E-state index in [4.69, 9.17) is 17.3 Å². The Morgan fingerprint density at radius 2 is 1.77 bits per heavy atom. The molecule has 0 aliphatic heterocycles. The van der Waals surface area contributed by atoms with Gasteiger partial charge in [0.15, 0.2) is 5.13 Å². The molecule has 0 saturated heterocycles. The number of aromatic nitrogens is 3. The lowest BCUT2D eigenvalue weighted by molar-refractivity contribution is 0.101. The molecule has 0 spiro atoms. The molecule has 31 heavy (non-hydrogen) atoms. The van der Waals surface area contributed by atoms with Crippen molar-refractivity contribution in [1.82, 2.24) is 15.0 Å². The summed E-state index contributed by atoms with van der Waals surface area (Å²) in [7, 11) is 0. The van der Waals surface area contributed by atoms with E-state index in [0.717, 1.165) is 12.1 Å². The number of rotatable bonds is 4. The molecule has 2 heterocycles. The Kier molecular flexibility index (Phi) is 5.62. The molecule has 2 aromatic heterocycles. The third-order valence-electron chi connectivity index (χ3n) is 4.29. The normalized spacial score (nSPS) is 10.8. The van der Waals surface area contributed by atoms with Crippen molar-refractivity contribution in [2.75, 3.05) is 11.1 Å². The number of nitrogens with one attached hydrogen (secondary N) is 1. The fraction of sp³-hybridized carbons (Fsp3) is 0.0476. The van der Waals surface area contributed by atoms with Gasteiger partial charge in [0.25, 0.3) is 5.91 Å². The molecule has 2 aromatic carbocycles. The Balaban J connectivity index is 1.71. The molecule has 10 heteroatoms. The highest BCUT2D eigenvalue weighted by molar-refractivity contribution is 7.19. The Morgan fingerprint density at radius 3 is 2.48 bits per heavy atom. The summed E-state index contributed by atoms with van der Waals surface area (Å²) in [4.78, 5) is 25.8. The van der Waals surface area contributed by atoms with Gasteiger partial charge in [0.2, 0.25) is 5.28 Å². The average Bonchev–Trinajstić information content (AvgIpc) is 3.09. The van der Waals surface area contributed by atoms with Crippen molar-refractivity contribution in [3.05, 3.63) is 76.7 Å². The average molecular weight is 458 g/mol. The zero-order valence-corrected chi connectivity index (χ0v) is 17.6. The molecule has 0 radical (unpaired) electrons. The van der Waals surface area contributed by atoms with Crippen LogP contribution in [-0.2, 0) is 0 Å². The Bertz CT molecular complexity index is 1270. The molecule has 4 aromatic rings. The topological polar surface area (TPSA) is 93.8 Å². The van der Waals surface area contributed by atoms with Gasteiger partial charge in [0.1, 0.15) is 17.2 Å². The largest absolute Gasteiger partial charge is 0.375 e. The van der Waals surface area contributed by atoms with Gasteiger partial charge >= 0.3 is 0 Å². The standard InChI is InChI=1S/C21H14ClF2N5OS/c1-10-8-15(28-20(22)26-10)18-17(29-21(25)31-18)11-4-2-5-12(9-11)27-19(30)16-13(23)6-3-7-14(16)24/h2-9H,1H3,(H2,25,29)(H,27,30). The van der Waals surface area contributed by atoms with Crippen LogP contribution in [0.25, 0.3) is 21.8 Å². The molecule has 0 unspecified atom stereocenters. The third-order valence-corrected chi connectivity index (χ3v) is 5.36. The number of carbonyl (C=O) groups excluding carboxylic acids is 1. The number of hydrogen-bond donors (Lipinski definition) is 2. The summed E-state index contributed by atoms with van der Waals surface area (Å²) in [6.07, 6.45) is 0. The second-order valence-corrected chi connectivity index (χ2v) is 7.89. The number of anilines is 2. The van der Waals surface area contributed by atoms with Gasteiger partial charge in [-0.3, -0.25) is 4.79 Å². The Hall–Kier alpha value is -3.43. The predicted molar refractivity (Wildman–Crippen MR) is 117 cm³/mol. The van der Waals surface area contributed by atoms with Crippen LogP contribution in [0.2, 0.25) is 5.28 Å². The maximum Gasteiger partial charge on any atom is 0.261 e. The maximum absolute atomic E-state index is 13.9. The van der Waals surface area contributed by atoms with E-state index in [1.54, 1.807) is 37.3 Å². The van der Waals surface area contributed by atoms with Crippen LogP contribution in [0.15, 0.2) is 48.5 Å². The molecular formula is C21H14ClF2N5OS. The van der Waals surface area contributed by atoms with Crippen LogP contribution in [-0.4, -0.2) is 20.9 Å². The highest BCUT2D eigenvalue weighted by Crippen LogP contribution is 2.38. The summed E-state index contributed by atoms with van der Waals surface area (Å²) in [5.41, 5.74) is 8.01. The van der Waals surface area contributed by atoms with Gasteiger partial charge in [0, 0.05) is 16.9 Å². The number of nitrogens with zero attached hydrogens (tertiary/aromatic N) is 3. The number of amides is 1. The van der Waals surface area contributed by atoms with E-state index < -0.39 is 23.1 Å². The Morgan fingerprint density at radius 1 is 1.06 bits per heavy atom. The Labute approximate surface area is 184 Å². The van der Waals surface area contributed by atoms with Crippen molar-refractivity contribution in [2.45, 2.75) is 6.92 Å². The number of hydrogen-bond acceptors (Lipinski definition) is 6. The van der Waals surface area contributed by atoms with E-state index >= 15 is 0 Å². The van der Waals surface area contributed by atoms with Crippen LogP contribution in [0.5, 0.6) is 0 Å². The molecule has 0 aliphatic carbocycles. The second kappa shape index (κ2) is 8.37. The highest BCUT2D eigenvalue weighted by atomic mass is 35.5. The van der Waals surface area contributed by atoms with Crippen molar-refractivity contribution < 1.29 is 13.6 Å². The molecule has 0 fully saturated rings. The number of nitrogen functional groups attached to an aromatic ring is 1. The molecular weight excluding hydrogens is 444 g/mol. The molecule has 0 aliphatic rings. The number of benzene rings is 2. The first-order valence-electron chi connectivity index (χ1n) is 8.95. The van der Waals surface area contributed by atoms with Gasteiger partial charge in [0.05, 0.1) is 16.3 Å². The summed E-state index contributed by atoms with van der Waals surface area (Å²) >= 11 is 7.22. The molecule has 3 N–H and O–H groups in total. The molecule has 0 atom stereocenters. The van der Waals surface area contributed by atoms with Crippen molar-refractivity contribution in [3.63, 3.8) is 0 Å². The fourth-order valence-corrected chi connectivity index (χ4v) is 4.05. The second-order valence-electron chi connectivity index (χ2n) is 6.53. The summed E-state index contributed by atoms with van der Waals surface area (Å²) < 4.78 is 27.8. The van der Waals surface area contributed by atoms with Gasteiger partial charge < -0.3 is 11.1 Å². The van der Waals surface area contributed by atoms with E-state index in [9.17, 15) is 13.6 Å². The number of halogens is 3. The SMILES string of the molecule is Cc1cc(-c2sc(N)nc2-c2cccc(NC(=O)c3c(F)cccc3F)c2)nc(Cl)n1. The maximum atomic E-state index is 13.9. The minimum absolute atomic E-state index is 0.0980. The van der Waals surface area contributed by atoms with Gasteiger partial charge in [-0.25, -0.2) is 23.7 Å². The van der Waals surface area contributed by atoms with Crippen molar-refractivity contribution >= 4 is 39.7 Å². The summed E-state index contributed by atoms with van der Waals surface area (Å²) in [5.74, 6) is -2.79. The monoisotopic (exact) mass is 457 g/mol. The quantitative estimate of drug-likeness (QED) is 0.403. The van der Waals surface area contributed by atoms with E-state index in [1.807, 2.05) is 0 Å². The molecule has 0 saturated carbocycles. The molecule has 6 nitrogen and oxygen atoms in total. The van der Waals surface area contributed by atoms with Crippen molar-refractivity contribution in [3.8, 4) is 21.8 Å². The first kappa shape index (κ1) is 20.8. The van der Waals surface area contributed by atoms with Gasteiger partial charge in [-0.1, -0.05) is 29.5 Å². The lowest BCUT2D eigenvalue weighted by Crippen LogP contribution is -2.15. The summed E-state index contributed by atoms with van der Waals surface area (Å²) in [5, 5.41) is 2.93. The highest BCUT2D eigenvalue weighted by Gasteiger charge is 2.19. The van der Waals surface area contributed by atoms with Crippen LogP contribution < -0.4 is 11.1 Å². The lowest BCUT2D eigenvalue weighted by atomic mass is 10.1. The minimum atomic E-state index is -0.945. The number of nitrogens with two attached hydrogens (primary N) is 1. The summed E-state index contributed by atoms with van der Waals surface area (Å²) in [6, 6.07) is 11.7. The smallest absolute Gasteiger partial charge is 0.261 e. The molecule has 4 rings (SSSR count). The number of thiazole rings is 1. The zero-order chi connectivity index (χ0) is 22.1. The minimum Gasteiger partial charge on any atom is -0.375 e. The van der Waals surface area contributed by atoms with Crippen LogP contribution in [0.4, 0.5) is 19.6 Å². The molecule has 156 valence electrons. The number of carbonyl (C=O) groups is 1. The van der Waals surface area contributed by atoms with Gasteiger partial charge in [-0.05, 0) is 48.9 Å². The zero-order valence-electron chi connectivity index (χ0n) is 16.0. The first-order valence-corrected chi connectivity index (χ1v) is 10.1. The van der Waals surface area contributed by atoms with E-state index in [-0.39, 0.29) is 5.28 Å². The number of aryl methyl sites for hydroxylation is 1.